The zero-order chi connectivity index (χ0) is 19.3. The molecule has 0 atom stereocenters. The molecule has 1 amide bonds. The SMILES string of the molecule is O=C(NCCCN1CCN(c2ncccn2)CC1)c1cc2cc(Cl)ccc2[nH]1. The number of benzene rings is 1. The monoisotopic (exact) mass is 398 g/mol. The molecule has 4 rings (SSSR count). The lowest BCUT2D eigenvalue weighted by Gasteiger charge is -2.34. The topological polar surface area (TPSA) is 77.2 Å². The van der Waals surface area contributed by atoms with Crippen LogP contribution in [0.1, 0.15) is 16.9 Å². The number of carbonyl (C=O) groups is 1. The molecule has 3 aromatic rings. The normalized spacial score (nSPS) is 15.1. The molecule has 0 aliphatic carbocycles. The van der Waals surface area contributed by atoms with Crippen molar-refractivity contribution in [2.75, 3.05) is 44.2 Å². The average molecular weight is 399 g/mol. The molecular weight excluding hydrogens is 376 g/mol. The Hall–Kier alpha value is -2.64. The molecule has 1 aliphatic heterocycles. The molecule has 2 N–H and O–H groups in total. The van der Waals surface area contributed by atoms with Crippen LogP contribution in [-0.2, 0) is 0 Å². The van der Waals surface area contributed by atoms with Crippen LogP contribution in [0.15, 0.2) is 42.7 Å². The smallest absolute Gasteiger partial charge is 0.267 e. The van der Waals surface area contributed by atoms with Crippen LogP contribution in [0.5, 0.6) is 0 Å². The molecule has 28 heavy (non-hydrogen) atoms. The number of rotatable bonds is 6. The van der Waals surface area contributed by atoms with Crippen molar-refractivity contribution in [3.8, 4) is 0 Å². The Morgan fingerprint density at radius 1 is 1.14 bits per heavy atom. The molecule has 146 valence electrons. The lowest BCUT2D eigenvalue weighted by Crippen LogP contribution is -2.47. The van der Waals surface area contributed by atoms with Crippen molar-refractivity contribution in [2.45, 2.75) is 6.42 Å². The number of amides is 1. The first-order chi connectivity index (χ1) is 13.7. The number of hydrogen-bond acceptors (Lipinski definition) is 5. The number of carbonyl (C=O) groups excluding carboxylic acids is 1. The Morgan fingerprint density at radius 3 is 2.71 bits per heavy atom. The fourth-order valence-corrected chi connectivity index (χ4v) is 3.63. The van der Waals surface area contributed by atoms with E-state index in [-0.39, 0.29) is 5.91 Å². The Balaban J connectivity index is 1.19. The summed E-state index contributed by atoms with van der Waals surface area (Å²) in [5.74, 6) is 0.715. The number of nitrogens with zero attached hydrogens (tertiary/aromatic N) is 4. The predicted octanol–water partition coefficient (Wildman–Crippen LogP) is 2.55. The summed E-state index contributed by atoms with van der Waals surface area (Å²) in [5, 5.41) is 4.60. The molecule has 0 bridgehead atoms. The Bertz CT molecular complexity index is 936. The molecular formula is C20H23ClN6O. The van der Waals surface area contributed by atoms with Gasteiger partial charge in [-0.25, -0.2) is 9.97 Å². The highest BCUT2D eigenvalue weighted by atomic mass is 35.5. The lowest BCUT2D eigenvalue weighted by molar-refractivity contribution is 0.0947. The van der Waals surface area contributed by atoms with E-state index >= 15 is 0 Å². The van der Waals surface area contributed by atoms with Gasteiger partial charge >= 0.3 is 0 Å². The number of fused-ring (bicyclic) bond motifs is 1. The number of piperazine rings is 1. The largest absolute Gasteiger partial charge is 0.351 e. The minimum atomic E-state index is -0.0848. The van der Waals surface area contributed by atoms with Gasteiger partial charge in [0.2, 0.25) is 5.95 Å². The average Bonchev–Trinajstić information content (AvgIpc) is 3.15. The molecule has 2 aromatic heterocycles. The third-order valence-electron chi connectivity index (χ3n) is 4.97. The van der Waals surface area contributed by atoms with Gasteiger partial charge in [0.1, 0.15) is 5.69 Å². The molecule has 0 unspecified atom stereocenters. The van der Waals surface area contributed by atoms with Crippen LogP contribution in [0.4, 0.5) is 5.95 Å². The van der Waals surface area contributed by atoms with Crippen molar-refractivity contribution < 1.29 is 4.79 Å². The number of H-pyrrole nitrogens is 1. The van der Waals surface area contributed by atoms with E-state index in [9.17, 15) is 4.79 Å². The van der Waals surface area contributed by atoms with Crippen LogP contribution in [-0.4, -0.2) is 65.0 Å². The second-order valence-corrected chi connectivity index (χ2v) is 7.34. The van der Waals surface area contributed by atoms with Crippen molar-refractivity contribution in [2.24, 2.45) is 0 Å². The van der Waals surface area contributed by atoms with Crippen molar-refractivity contribution in [3.05, 3.63) is 53.4 Å². The van der Waals surface area contributed by atoms with Gasteiger partial charge in [0.15, 0.2) is 0 Å². The third-order valence-corrected chi connectivity index (χ3v) is 5.21. The number of halogens is 1. The first kappa shape index (κ1) is 18.7. The lowest BCUT2D eigenvalue weighted by atomic mass is 10.2. The van der Waals surface area contributed by atoms with E-state index < -0.39 is 0 Å². The summed E-state index contributed by atoms with van der Waals surface area (Å²) in [6.45, 7) is 5.43. The zero-order valence-corrected chi connectivity index (χ0v) is 16.3. The van der Waals surface area contributed by atoms with Crippen LogP contribution in [0.25, 0.3) is 10.9 Å². The van der Waals surface area contributed by atoms with E-state index in [4.69, 9.17) is 11.6 Å². The third kappa shape index (κ3) is 4.43. The molecule has 7 nitrogen and oxygen atoms in total. The van der Waals surface area contributed by atoms with Gasteiger partial charge in [0.05, 0.1) is 0 Å². The molecule has 8 heteroatoms. The van der Waals surface area contributed by atoms with Crippen LogP contribution in [0.2, 0.25) is 5.02 Å². The zero-order valence-electron chi connectivity index (χ0n) is 15.6. The maximum absolute atomic E-state index is 12.3. The fraction of sp³-hybridized carbons (Fsp3) is 0.350. The molecule has 1 aromatic carbocycles. The fourth-order valence-electron chi connectivity index (χ4n) is 3.45. The van der Waals surface area contributed by atoms with Crippen LogP contribution in [0, 0.1) is 0 Å². The van der Waals surface area contributed by atoms with Gasteiger partial charge in [-0.3, -0.25) is 9.69 Å². The Kier molecular flexibility index (Phi) is 5.73. The summed E-state index contributed by atoms with van der Waals surface area (Å²) in [7, 11) is 0. The minimum absolute atomic E-state index is 0.0848. The summed E-state index contributed by atoms with van der Waals surface area (Å²) in [5.41, 5.74) is 1.48. The van der Waals surface area contributed by atoms with E-state index in [1.54, 1.807) is 12.4 Å². The Labute approximate surface area is 168 Å². The van der Waals surface area contributed by atoms with Crippen molar-refractivity contribution in [1.29, 1.82) is 0 Å². The molecule has 0 radical (unpaired) electrons. The van der Waals surface area contributed by atoms with E-state index in [0.29, 0.717) is 17.3 Å². The van der Waals surface area contributed by atoms with Crippen LogP contribution >= 0.6 is 11.6 Å². The second kappa shape index (κ2) is 8.58. The molecule has 1 fully saturated rings. The first-order valence-electron chi connectivity index (χ1n) is 9.50. The minimum Gasteiger partial charge on any atom is -0.351 e. The van der Waals surface area contributed by atoms with E-state index in [1.165, 1.54) is 0 Å². The van der Waals surface area contributed by atoms with Gasteiger partial charge < -0.3 is 15.2 Å². The highest BCUT2D eigenvalue weighted by Crippen LogP contribution is 2.20. The first-order valence-corrected chi connectivity index (χ1v) is 9.88. The standard InChI is InChI=1S/C20H23ClN6O/c21-16-3-4-17-15(13-16)14-18(25-17)19(28)22-7-2-8-26-9-11-27(12-10-26)20-23-5-1-6-24-20/h1,3-6,13-14,25H,2,7-12H2,(H,22,28). The number of aromatic amines is 1. The van der Waals surface area contributed by atoms with E-state index in [0.717, 1.165) is 56.0 Å². The van der Waals surface area contributed by atoms with Gasteiger partial charge in [0.25, 0.3) is 5.91 Å². The Morgan fingerprint density at radius 2 is 1.93 bits per heavy atom. The summed E-state index contributed by atoms with van der Waals surface area (Å²) < 4.78 is 0. The summed E-state index contributed by atoms with van der Waals surface area (Å²) in [4.78, 5) is 28.7. The van der Waals surface area contributed by atoms with Crippen LogP contribution < -0.4 is 10.2 Å². The number of hydrogen-bond donors (Lipinski definition) is 2. The van der Waals surface area contributed by atoms with Crippen molar-refractivity contribution >= 4 is 34.4 Å². The number of anilines is 1. The summed E-state index contributed by atoms with van der Waals surface area (Å²) in [6.07, 6.45) is 4.47. The molecule has 0 saturated carbocycles. The predicted molar refractivity (Wildman–Crippen MR) is 111 cm³/mol. The van der Waals surface area contributed by atoms with Gasteiger partial charge in [-0.05, 0) is 43.3 Å². The van der Waals surface area contributed by atoms with Gasteiger partial charge in [-0.15, -0.1) is 0 Å². The summed E-state index contributed by atoms with van der Waals surface area (Å²) >= 11 is 6.00. The van der Waals surface area contributed by atoms with Gasteiger partial charge in [0, 0.05) is 61.0 Å². The highest BCUT2D eigenvalue weighted by Gasteiger charge is 2.18. The quantitative estimate of drug-likeness (QED) is 0.624. The van der Waals surface area contributed by atoms with E-state index in [1.807, 2.05) is 30.3 Å². The molecule has 0 spiro atoms. The van der Waals surface area contributed by atoms with Gasteiger partial charge in [-0.1, -0.05) is 11.6 Å². The van der Waals surface area contributed by atoms with Crippen molar-refractivity contribution in [3.63, 3.8) is 0 Å². The number of nitrogens with one attached hydrogen (secondary N) is 2. The second-order valence-electron chi connectivity index (χ2n) is 6.90. The molecule has 1 saturated heterocycles. The van der Waals surface area contributed by atoms with Crippen molar-refractivity contribution in [1.82, 2.24) is 25.2 Å². The maximum atomic E-state index is 12.3. The van der Waals surface area contributed by atoms with E-state index in [2.05, 4.69) is 30.1 Å². The molecule has 3 heterocycles. The summed E-state index contributed by atoms with van der Waals surface area (Å²) in [6, 6.07) is 9.21. The maximum Gasteiger partial charge on any atom is 0.267 e. The van der Waals surface area contributed by atoms with Crippen LogP contribution in [0.3, 0.4) is 0 Å². The highest BCUT2D eigenvalue weighted by molar-refractivity contribution is 6.31. The van der Waals surface area contributed by atoms with Gasteiger partial charge in [-0.2, -0.15) is 0 Å². The number of aromatic nitrogens is 3. The molecule has 1 aliphatic rings.